The maximum absolute atomic E-state index is 13.7. The van der Waals surface area contributed by atoms with E-state index in [-0.39, 0.29) is 5.70 Å². The Bertz CT molecular complexity index is 1790. The summed E-state index contributed by atoms with van der Waals surface area (Å²) in [6.07, 6.45) is 1.60. The molecule has 2 amide bonds. The lowest BCUT2D eigenvalue weighted by Crippen LogP contribution is -2.53. The van der Waals surface area contributed by atoms with Crippen LogP contribution in [-0.2, 0) is 4.79 Å². The van der Waals surface area contributed by atoms with Gasteiger partial charge in [0.25, 0.3) is 11.8 Å². The van der Waals surface area contributed by atoms with E-state index in [0.717, 1.165) is 16.5 Å². The van der Waals surface area contributed by atoms with Crippen molar-refractivity contribution in [2.45, 2.75) is 6.92 Å². The topological polar surface area (TPSA) is 79.6 Å². The van der Waals surface area contributed by atoms with Crippen LogP contribution in [0.5, 0.6) is 0 Å². The summed E-state index contributed by atoms with van der Waals surface area (Å²) in [5.74, 6) is -0.641. The van der Waals surface area contributed by atoms with Crippen molar-refractivity contribution in [3.05, 3.63) is 136 Å². The maximum atomic E-state index is 13.7. The SMILES string of the molecule is Cc1nn(-c2ccccc2)c(Cl)c1/C=C1\N=C(c2ccccc2)N(C(=O)c2ccc3ccccc3c2)NC1=O. The number of benzene rings is 4. The number of para-hydroxylation sites is 1. The summed E-state index contributed by atoms with van der Waals surface area (Å²) in [6, 6.07) is 31.9. The number of carbonyl (C=O) groups is 2. The van der Waals surface area contributed by atoms with E-state index in [2.05, 4.69) is 15.5 Å². The molecule has 7 nitrogen and oxygen atoms in total. The molecule has 0 spiro atoms. The van der Waals surface area contributed by atoms with E-state index in [1.165, 1.54) is 5.01 Å². The molecule has 0 bridgehead atoms. The number of hydrogen-bond donors (Lipinski definition) is 1. The molecule has 0 unspecified atom stereocenters. The standard InChI is InChI=1S/C31H22ClN5O2/c1-20-26(28(32)36(34-20)25-14-6-3-7-15-25)19-27-30(38)35-37(29(33-27)22-11-4-2-5-12-22)31(39)24-17-16-21-10-8-9-13-23(21)18-24/h2-19H,1H3,(H,35,38)/b27-19-. The molecule has 1 aliphatic heterocycles. The van der Waals surface area contributed by atoms with Gasteiger partial charge in [-0.15, -0.1) is 0 Å². The smallest absolute Gasteiger partial charge is 0.267 e. The predicted molar refractivity (Wildman–Crippen MR) is 153 cm³/mol. The summed E-state index contributed by atoms with van der Waals surface area (Å²) < 4.78 is 1.61. The molecule has 8 heteroatoms. The number of halogens is 1. The zero-order valence-corrected chi connectivity index (χ0v) is 21.6. The van der Waals surface area contributed by atoms with Crippen LogP contribution >= 0.6 is 11.6 Å². The van der Waals surface area contributed by atoms with Crippen LogP contribution in [0.15, 0.2) is 114 Å². The van der Waals surface area contributed by atoms with Gasteiger partial charge in [0.05, 0.1) is 11.4 Å². The van der Waals surface area contributed by atoms with Gasteiger partial charge in [0.1, 0.15) is 10.9 Å². The number of rotatable bonds is 4. The molecule has 1 aromatic heterocycles. The minimum Gasteiger partial charge on any atom is -0.267 e. The van der Waals surface area contributed by atoms with E-state index in [4.69, 9.17) is 11.6 Å². The molecule has 0 radical (unpaired) electrons. The van der Waals surface area contributed by atoms with E-state index in [9.17, 15) is 9.59 Å². The number of aliphatic imine (C=N–C) groups is 1. The van der Waals surface area contributed by atoms with Crippen molar-refractivity contribution < 1.29 is 9.59 Å². The Balaban J connectivity index is 1.43. The van der Waals surface area contributed by atoms with Crippen molar-refractivity contribution >= 4 is 46.1 Å². The van der Waals surface area contributed by atoms with Crippen LogP contribution in [0, 0.1) is 6.92 Å². The van der Waals surface area contributed by atoms with Crippen LogP contribution < -0.4 is 5.43 Å². The highest BCUT2D eigenvalue weighted by molar-refractivity contribution is 6.31. The van der Waals surface area contributed by atoms with Crippen LogP contribution in [0.1, 0.15) is 27.2 Å². The Morgan fingerprint density at radius 1 is 0.872 bits per heavy atom. The number of hydrogen-bond acceptors (Lipinski definition) is 4. The molecule has 6 rings (SSSR count). The third-order valence-electron chi connectivity index (χ3n) is 6.45. The lowest BCUT2D eigenvalue weighted by atomic mass is 10.1. The number of carbonyl (C=O) groups excluding carboxylic acids is 2. The second-order valence-corrected chi connectivity index (χ2v) is 9.37. The van der Waals surface area contributed by atoms with Crippen LogP contribution in [-0.4, -0.2) is 32.4 Å². The van der Waals surface area contributed by atoms with Crippen molar-refractivity contribution in [3.8, 4) is 5.69 Å². The van der Waals surface area contributed by atoms with Crippen molar-refractivity contribution in [2.24, 2.45) is 4.99 Å². The molecule has 2 heterocycles. The molecular weight excluding hydrogens is 510 g/mol. The highest BCUT2D eigenvalue weighted by Gasteiger charge is 2.31. The van der Waals surface area contributed by atoms with E-state index in [0.29, 0.717) is 33.4 Å². The van der Waals surface area contributed by atoms with Crippen molar-refractivity contribution in [3.63, 3.8) is 0 Å². The molecule has 0 fully saturated rings. The zero-order chi connectivity index (χ0) is 26.9. The van der Waals surface area contributed by atoms with Gasteiger partial charge in [-0.1, -0.05) is 90.5 Å². The number of hydrazine groups is 1. The maximum Gasteiger partial charge on any atom is 0.288 e. The molecule has 4 aromatic carbocycles. The fourth-order valence-electron chi connectivity index (χ4n) is 4.46. The normalized spacial score (nSPS) is 14.4. The molecule has 39 heavy (non-hydrogen) atoms. The summed E-state index contributed by atoms with van der Waals surface area (Å²) >= 11 is 6.70. The van der Waals surface area contributed by atoms with Gasteiger partial charge < -0.3 is 0 Å². The minimum absolute atomic E-state index is 0.106. The predicted octanol–water partition coefficient (Wildman–Crippen LogP) is 5.96. The van der Waals surface area contributed by atoms with Gasteiger partial charge in [0.2, 0.25) is 0 Å². The van der Waals surface area contributed by atoms with E-state index in [1.807, 2.05) is 97.9 Å². The molecule has 1 aliphatic rings. The Labute approximate surface area is 229 Å². The number of aryl methyl sites for hydroxylation is 1. The van der Waals surface area contributed by atoms with Crippen molar-refractivity contribution in [2.75, 3.05) is 0 Å². The van der Waals surface area contributed by atoms with Crippen molar-refractivity contribution in [1.29, 1.82) is 0 Å². The molecule has 1 N–H and O–H groups in total. The van der Waals surface area contributed by atoms with Gasteiger partial charge in [-0.2, -0.15) is 10.1 Å². The number of aromatic nitrogens is 2. The second-order valence-electron chi connectivity index (χ2n) is 9.01. The lowest BCUT2D eigenvalue weighted by Gasteiger charge is -2.29. The number of amidine groups is 1. The average molecular weight is 532 g/mol. The first-order valence-electron chi connectivity index (χ1n) is 12.3. The fourth-order valence-corrected chi connectivity index (χ4v) is 4.78. The van der Waals surface area contributed by atoms with Gasteiger partial charge >= 0.3 is 0 Å². The lowest BCUT2D eigenvalue weighted by molar-refractivity contribution is -0.120. The number of amides is 2. The number of nitrogens with one attached hydrogen (secondary N) is 1. The third-order valence-corrected chi connectivity index (χ3v) is 6.81. The molecule has 0 saturated heterocycles. The van der Waals surface area contributed by atoms with Crippen LogP contribution in [0.25, 0.3) is 22.5 Å². The van der Waals surface area contributed by atoms with Gasteiger partial charge in [-0.25, -0.2) is 9.67 Å². The molecular formula is C31H22ClN5O2. The fraction of sp³-hybridized carbons (Fsp3) is 0.0323. The van der Waals surface area contributed by atoms with Gasteiger partial charge in [-0.05, 0) is 48.0 Å². The summed E-state index contributed by atoms with van der Waals surface area (Å²) in [6.45, 7) is 1.82. The average Bonchev–Trinajstić information content (AvgIpc) is 3.26. The number of nitrogens with zero attached hydrogens (tertiary/aromatic N) is 4. The molecule has 5 aromatic rings. The molecule has 190 valence electrons. The first-order valence-corrected chi connectivity index (χ1v) is 12.7. The largest absolute Gasteiger partial charge is 0.288 e. The Morgan fingerprint density at radius 3 is 2.28 bits per heavy atom. The molecule has 0 saturated carbocycles. The van der Waals surface area contributed by atoms with Gasteiger partial charge in [-0.3, -0.25) is 15.0 Å². The van der Waals surface area contributed by atoms with E-state index >= 15 is 0 Å². The first-order chi connectivity index (χ1) is 19.0. The van der Waals surface area contributed by atoms with Crippen LogP contribution in [0.4, 0.5) is 0 Å². The minimum atomic E-state index is -0.535. The zero-order valence-electron chi connectivity index (χ0n) is 20.9. The van der Waals surface area contributed by atoms with Crippen LogP contribution in [0.3, 0.4) is 0 Å². The molecule has 0 atom stereocenters. The van der Waals surface area contributed by atoms with Gasteiger partial charge in [0.15, 0.2) is 5.84 Å². The highest BCUT2D eigenvalue weighted by atomic mass is 35.5. The molecule has 0 aliphatic carbocycles. The summed E-state index contributed by atoms with van der Waals surface area (Å²) in [5.41, 5.74) is 5.93. The van der Waals surface area contributed by atoms with Gasteiger partial charge in [0, 0.05) is 16.7 Å². The second kappa shape index (κ2) is 10.0. The quantitative estimate of drug-likeness (QED) is 0.290. The highest BCUT2D eigenvalue weighted by Crippen LogP contribution is 2.27. The number of fused-ring (bicyclic) bond motifs is 1. The summed E-state index contributed by atoms with van der Waals surface area (Å²) in [4.78, 5) is 31.6. The summed E-state index contributed by atoms with van der Waals surface area (Å²) in [7, 11) is 0. The van der Waals surface area contributed by atoms with Crippen molar-refractivity contribution in [1.82, 2.24) is 20.2 Å². The monoisotopic (exact) mass is 531 g/mol. The Morgan fingerprint density at radius 2 is 1.54 bits per heavy atom. The van der Waals surface area contributed by atoms with Crippen LogP contribution in [0.2, 0.25) is 5.15 Å². The summed E-state index contributed by atoms with van der Waals surface area (Å²) in [5, 5.41) is 8.04. The Kier molecular flexibility index (Phi) is 6.26. The Hall–Kier alpha value is -5.01. The van der Waals surface area contributed by atoms with E-state index in [1.54, 1.807) is 22.9 Å². The third kappa shape index (κ3) is 4.60. The first kappa shape index (κ1) is 24.3. The van der Waals surface area contributed by atoms with E-state index < -0.39 is 11.8 Å².